The van der Waals surface area contributed by atoms with E-state index in [2.05, 4.69) is 148 Å². The number of esters is 1. The molecule has 1 aliphatic rings. The third-order valence-corrected chi connectivity index (χ3v) is 14.0. The second-order valence-electron chi connectivity index (χ2n) is 21.4. The highest BCUT2D eigenvalue weighted by atomic mass is 16.7. The van der Waals surface area contributed by atoms with Crippen LogP contribution in [0.1, 0.15) is 233 Å². The average molecular weight is 1130 g/mol. The molecular formula is C70H115NO10. The smallest absolute Gasteiger partial charge is 0.306 e. The lowest BCUT2D eigenvalue weighted by Crippen LogP contribution is -2.61. The number of aliphatic hydroxyl groups is 5. The summed E-state index contributed by atoms with van der Waals surface area (Å²) in [6, 6.07) is -1.05. The van der Waals surface area contributed by atoms with Crippen molar-refractivity contribution in [2.45, 2.75) is 282 Å². The van der Waals surface area contributed by atoms with Crippen LogP contribution in [0.5, 0.6) is 0 Å². The molecule has 8 unspecified atom stereocenters. The maximum absolute atomic E-state index is 13.4. The molecule has 0 bridgehead atoms. The van der Waals surface area contributed by atoms with Crippen LogP contribution in [-0.4, -0.2) is 99.6 Å². The lowest BCUT2D eigenvalue weighted by atomic mass is 9.99. The third-order valence-electron chi connectivity index (χ3n) is 14.0. The Kier molecular flexibility index (Phi) is 52.0. The van der Waals surface area contributed by atoms with E-state index in [1.165, 1.54) is 38.5 Å². The Morgan fingerprint density at radius 1 is 0.494 bits per heavy atom. The summed E-state index contributed by atoms with van der Waals surface area (Å²) >= 11 is 0. The van der Waals surface area contributed by atoms with Crippen LogP contribution in [0.2, 0.25) is 0 Å². The van der Waals surface area contributed by atoms with Gasteiger partial charge < -0.3 is 45.1 Å². The fraction of sp³-hybridized carbons (Fsp3) is 0.657. The summed E-state index contributed by atoms with van der Waals surface area (Å²) in [6.07, 6.45) is 69.1. The fourth-order valence-electron chi connectivity index (χ4n) is 9.06. The molecule has 11 heteroatoms. The van der Waals surface area contributed by atoms with Crippen molar-refractivity contribution in [2.75, 3.05) is 13.2 Å². The lowest BCUT2D eigenvalue weighted by molar-refractivity contribution is -0.305. The molecule has 0 spiro atoms. The second kappa shape index (κ2) is 56.3. The van der Waals surface area contributed by atoms with Crippen molar-refractivity contribution in [2.24, 2.45) is 0 Å². The van der Waals surface area contributed by atoms with Gasteiger partial charge in [-0.15, -0.1) is 0 Å². The van der Waals surface area contributed by atoms with Crippen molar-refractivity contribution in [1.82, 2.24) is 5.32 Å². The van der Waals surface area contributed by atoms with Gasteiger partial charge in [-0.25, -0.2) is 0 Å². The molecule has 81 heavy (non-hydrogen) atoms. The summed E-state index contributed by atoms with van der Waals surface area (Å²) < 4.78 is 17.6. The summed E-state index contributed by atoms with van der Waals surface area (Å²) in [5.74, 6) is -1.24. The Bertz CT molecular complexity index is 1830. The molecule has 1 rings (SSSR count). The van der Waals surface area contributed by atoms with Gasteiger partial charge in [-0.3, -0.25) is 9.59 Å². The van der Waals surface area contributed by atoms with Gasteiger partial charge in [-0.2, -0.15) is 0 Å². The normalized spacial score (nSPS) is 19.6. The highest BCUT2D eigenvalue weighted by Gasteiger charge is 2.47. The first kappa shape index (κ1) is 74.8. The first-order valence-electron chi connectivity index (χ1n) is 32.0. The van der Waals surface area contributed by atoms with Crippen LogP contribution in [0.3, 0.4) is 0 Å². The molecule has 1 aliphatic heterocycles. The lowest BCUT2D eigenvalue weighted by Gasteiger charge is -2.41. The molecule has 8 atom stereocenters. The van der Waals surface area contributed by atoms with Crippen molar-refractivity contribution in [3.05, 3.63) is 134 Å². The number of ether oxygens (including phenoxy) is 3. The van der Waals surface area contributed by atoms with E-state index >= 15 is 0 Å². The predicted octanol–water partition coefficient (Wildman–Crippen LogP) is 15.6. The number of nitrogens with one attached hydrogen (secondary N) is 1. The van der Waals surface area contributed by atoms with Crippen LogP contribution < -0.4 is 5.32 Å². The number of rotatable bonds is 52. The molecule has 1 amide bonds. The minimum atomic E-state index is -1.64. The third kappa shape index (κ3) is 44.1. The highest BCUT2D eigenvalue weighted by molar-refractivity contribution is 5.80. The van der Waals surface area contributed by atoms with E-state index in [-0.39, 0.29) is 19.4 Å². The van der Waals surface area contributed by atoms with E-state index in [1.54, 1.807) is 6.08 Å². The van der Waals surface area contributed by atoms with Crippen molar-refractivity contribution >= 4 is 11.9 Å². The quantitative estimate of drug-likeness (QED) is 0.0195. The molecular weight excluding hydrogens is 1010 g/mol. The molecule has 0 aliphatic carbocycles. The molecule has 0 radical (unpaired) electrons. The van der Waals surface area contributed by atoms with Gasteiger partial charge in [-0.05, 0) is 116 Å². The van der Waals surface area contributed by atoms with Crippen molar-refractivity contribution in [3.63, 3.8) is 0 Å². The predicted molar refractivity (Wildman–Crippen MR) is 337 cm³/mol. The van der Waals surface area contributed by atoms with Gasteiger partial charge >= 0.3 is 5.97 Å². The van der Waals surface area contributed by atoms with E-state index in [9.17, 15) is 35.1 Å². The van der Waals surface area contributed by atoms with E-state index in [1.807, 2.05) is 6.08 Å². The molecule has 0 aromatic heterocycles. The van der Waals surface area contributed by atoms with Gasteiger partial charge in [0.1, 0.15) is 24.4 Å². The van der Waals surface area contributed by atoms with E-state index in [0.29, 0.717) is 12.8 Å². The average Bonchev–Trinajstić information content (AvgIpc) is 3.50. The van der Waals surface area contributed by atoms with Gasteiger partial charge in [0, 0.05) is 6.42 Å². The van der Waals surface area contributed by atoms with Crippen molar-refractivity contribution in [1.29, 1.82) is 0 Å². The number of carbonyl (C=O) groups is 2. The number of carbonyl (C=O) groups excluding carboxylic acids is 2. The van der Waals surface area contributed by atoms with Crippen molar-refractivity contribution in [3.8, 4) is 0 Å². The Hall–Kier alpha value is -4.20. The topological polar surface area (TPSA) is 175 Å². The number of amides is 1. The Balaban J connectivity index is 2.68. The summed E-state index contributed by atoms with van der Waals surface area (Å²) in [7, 11) is 0. The van der Waals surface area contributed by atoms with E-state index in [4.69, 9.17) is 14.2 Å². The minimum Gasteiger partial charge on any atom is -0.454 e. The zero-order chi connectivity index (χ0) is 58.9. The molecule has 6 N–H and O–H groups in total. The summed E-state index contributed by atoms with van der Waals surface area (Å²) in [5.41, 5.74) is 0. The van der Waals surface area contributed by atoms with Crippen LogP contribution in [0.25, 0.3) is 0 Å². The molecule has 0 aromatic carbocycles. The zero-order valence-electron chi connectivity index (χ0n) is 50.8. The van der Waals surface area contributed by atoms with E-state index < -0.39 is 67.4 Å². The van der Waals surface area contributed by atoms with Crippen LogP contribution in [-0.2, 0) is 23.8 Å². The Morgan fingerprint density at radius 3 is 1.33 bits per heavy atom. The van der Waals surface area contributed by atoms with Crippen LogP contribution in [0.4, 0.5) is 0 Å². The van der Waals surface area contributed by atoms with Crippen molar-refractivity contribution < 1.29 is 49.3 Å². The summed E-state index contributed by atoms with van der Waals surface area (Å²) in [4.78, 5) is 26.6. The molecule has 0 saturated carbocycles. The Labute approximate surface area is 493 Å². The molecule has 460 valence electrons. The highest BCUT2D eigenvalue weighted by Crippen LogP contribution is 2.26. The van der Waals surface area contributed by atoms with Gasteiger partial charge in [0.15, 0.2) is 12.4 Å². The minimum absolute atomic E-state index is 0.0908. The molecule has 1 saturated heterocycles. The first-order valence-corrected chi connectivity index (χ1v) is 32.0. The molecule has 11 nitrogen and oxygen atoms in total. The van der Waals surface area contributed by atoms with Gasteiger partial charge in [0.2, 0.25) is 5.91 Å². The molecule has 0 aromatic rings. The number of hydrogen-bond donors (Lipinski definition) is 6. The molecule has 1 heterocycles. The van der Waals surface area contributed by atoms with Crippen LogP contribution >= 0.6 is 0 Å². The second-order valence-corrected chi connectivity index (χ2v) is 21.4. The van der Waals surface area contributed by atoms with Crippen LogP contribution in [0, 0.1) is 0 Å². The maximum Gasteiger partial charge on any atom is 0.306 e. The molecule has 1 fully saturated rings. The standard InChI is InChI=1S/C70H115NO10/c1-4-7-10-13-16-19-22-24-26-28-30-32-34-36-38-40-43-46-49-52-55-58-65(75)81-68-67(77)66(76)64(59-72)80-70(68)79-60-61(62(73)56-53-50-47-44-41-21-18-15-12-9-6-3)71-69(78)63(74)57-54-51-48-45-42-39-37-35-33-31-29-27-25-23-20-17-14-11-8-5-2/h7-8,10-11,16-17,19-20,24-27,30-33,36-39,53,56,61-64,66-68,70,72-74,76-77H,4-6,9,12-15,18,21-23,28-29,34-35,40-52,54-55,57-60H2,1-3H3,(H,71,78)/b10-7-,11-8-,19-16-,20-17-,26-24-,27-25-,32-30-,33-31-,38-36-,39-37-,56-53+. The fourth-order valence-corrected chi connectivity index (χ4v) is 9.06. The number of aliphatic hydroxyl groups excluding tert-OH is 5. The number of hydrogen-bond acceptors (Lipinski definition) is 10. The zero-order valence-corrected chi connectivity index (χ0v) is 50.8. The summed E-state index contributed by atoms with van der Waals surface area (Å²) in [6.45, 7) is 5.52. The van der Waals surface area contributed by atoms with Gasteiger partial charge in [0.25, 0.3) is 0 Å². The SMILES string of the molecule is CC/C=C\C/C=C\C/C=C\C/C=C\C/C=C\CCCCCCCC(=O)OC1C(OCC(NC(=O)C(O)CCCCCC/C=C\C/C=C\C/C=C\C/C=C\C/C=C\CC)C(O)/C=C/CCCCCCCCCCC)OC(CO)C(O)C1O. The van der Waals surface area contributed by atoms with Crippen LogP contribution in [0.15, 0.2) is 134 Å². The van der Waals surface area contributed by atoms with Gasteiger partial charge in [-0.1, -0.05) is 244 Å². The maximum atomic E-state index is 13.4. The van der Waals surface area contributed by atoms with E-state index in [0.717, 1.165) is 148 Å². The number of allylic oxidation sites excluding steroid dienone is 21. The number of unbranched alkanes of at least 4 members (excludes halogenated alkanes) is 18. The first-order chi connectivity index (χ1) is 39.7. The largest absolute Gasteiger partial charge is 0.454 e. The Morgan fingerprint density at radius 2 is 0.889 bits per heavy atom. The summed E-state index contributed by atoms with van der Waals surface area (Å²) in [5, 5.41) is 57.0. The monoisotopic (exact) mass is 1130 g/mol. The van der Waals surface area contributed by atoms with Gasteiger partial charge in [0.05, 0.1) is 25.4 Å².